The smallest absolute Gasteiger partial charge is 0.548 e. The van der Waals surface area contributed by atoms with Gasteiger partial charge in [0.05, 0.1) is 60.8 Å². The van der Waals surface area contributed by atoms with Crippen molar-refractivity contribution in [1.29, 1.82) is 0 Å². The van der Waals surface area contributed by atoms with E-state index in [0.29, 0.717) is 12.8 Å². The van der Waals surface area contributed by atoms with Crippen LogP contribution in [0.1, 0.15) is 35.1 Å². The molecule has 2 heterocycles. The van der Waals surface area contributed by atoms with Crippen LogP contribution >= 0.6 is 0 Å². The van der Waals surface area contributed by atoms with Crippen LogP contribution in [0.15, 0.2) is 82.8 Å². The van der Waals surface area contributed by atoms with Gasteiger partial charge in [-0.05, 0) is 61.1 Å². The Labute approximate surface area is 416 Å². The maximum Gasteiger partial charge on any atom is 2.00 e. The number of hydrogen-bond donors (Lipinski definition) is 14. The minimum absolute atomic E-state index is 0. The number of aliphatic carboxylic acids is 2. The minimum Gasteiger partial charge on any atom is -0.548 e. The Morgan fingerprint density at radius 3 is 1.15 bits per heavy atom. The molecule has 0 spiro atoms. The largest absolute Gasteiger partial charge is 2.00 e. The molecule has 4 aromatic carbocycles. The van der Waals surface area contributed by atoms with Gasteiger partial charge in [0, 0.05) is 24.3 Å². The summed E-state index contributed by atoms with van der Waals surface area (Å²) in [6, 6.07) is 16.5. The molecule has 380 valence electrons. The first-order valence-electron chi connectivity index (χ1n) is 21.3. The van der Waals surface area contributed by atoms with Crippen molar-refractivity contribution in [2.24, 2.45) is 9.98 Å². The van der Waals surface area contributed by atoms with Crippen LogP contribution < -0.4 is 19.7 Å². The van der Waals surface area contributed by atoms with Gasteiger partial charge in [-0.1, -0.05) is 24.3 Å². The quantitative estimate of drug-likeness (QED) is 0.0337. The molecular formula is C46H52N2O22Zn. The van der Waals surface area contributed by atoms with Crippen molar-refractivity contribution in [2.75, 3.05) is 26.3 Å². The van der Waals surface area contributed by atoms with Crippen molar-refractivity contribution in [2.45, 2.75) is 87.1 Å². The number of aliphatic hydroxyl groups is 8. The van der Waals surface area contributed by atoms with E-state index in [2.05, 4.69) is 9.98 Å². The molecule has 0 amide bonds. The van der Waals surface area contributed by atoms with Gasteiger partial charge < -0.3 is 110 Å². The molecule has 14 N–H and O–H groups in total. The number of rotatable bonds is 18. The van der Waals surface area contributed by atoms with Crippen LogP contribution in [0.2, 0.25) is 0 Å². The van der Waals surface area contributed by atoms with E-state index >= 15 is 0 Å². The summed E-state index contributed by atoms with van der Waals surface area (Å²) >= 11 is 0. The summed E-state index contributed by atoms with van der Waals surface area (Å²) in [6.45, 7) is -2.89. The Bertz CT molecular complexity index is 2280. The summed E-state index contributed by atoms with van der Waals surface area (Å²) in [6.07, 6.45) is -15.3. The average Bonchev–Trinajstić information content (AvgIpc) is 3.31. The van der Waals surface area contributed by atoms with E-state index in [4.69, 9.17) is 18.9 Å². The van der Waals surface area contributed by atoms with Gasteiger partial charge in [-0.15, -0.1) is 0 Å². The molecule has 0 unspecified atom stereocenters. The molecule has 4 aromatic rings. The van der Waals surface area contributed by atoms with Crippen LogP contribution in [0.5, 0.6) is 46.0 Å². The Hall–Kier alpha value is -6.22. The van der Waals surface area contributed by atoms with Crippen molar-refractivity contribution in [3.63, 3.8) is 0 Å². The number of carboxylic acids is 2. The SMILES string of the molecule is O=C([O-])CN=C(CCc1ccc(O)cc1)c1c(O)cc(O)cc1O[C@@H]1O[C@H](CO)[C@@H](O)[C@H](O)[C@H]1O.O=C([O-])CN=C(CCc1ccc(O)cc1)c1c(O)cc(O)cc1O[C@@H]1O[C@H](CO)[C@@H](O)[C@H](O)[C@H]1O.[Zn+2]. The fourth-order valence-electron chi connectivity index (χ4n) is 7.26. The fraction of sp³-hybridized carbons (Fsp3) is 0.391. The number of nitrogens with zero attached hydrogens (tertiary/aromatic N) is 2. The number of aryl methyl sites for hydroxylation is 2. The molecular weight excluding hydrogens is 998 g/mol. The van der Waals surface area contributed by atoms with Gasteiger partial charge in [0.1, 0.15) is 94.8 Å². The molecule has 0 saturated carbocycles. The third-order valence-corrected chi connectivity index (χ3v) is 10.9. The van der Waals surface area contributed by atoms with E-state index in [-0.39, 0.29) is 77.9 Å². The van der Waals surface area contributed by atoms with Crippen LogP contribution in [0.25, 0.3) is 0 Å². The third-order valence-electron chi connectivity index (χ3n) is 10.9. The summed E-state index contributed by atoms with van der Waals surface area (Å²) in [5.41, 5.74) is 1.41. The van der Waals surface area contributed by atoms with Gasteiger partial charge in [-0.25, -0.2) is 0 Å². The first-order valence-corrected chi connectivity index (χ1v) is 21.3. The average molecular weight is 1050 g/mol. The molecule has 25 heteroatoms. The number of aliphatic hydroxyl groups excluding tert-OH is 8. The van der Waals surface area contributed by atoms with Crippen molar-refractivity contribution < 1.29 is 130 Å². The molecule has 2 aliphatic heterocycles. The Kier molecular flexibility index (Phi) is 21.2. The zero-order valence-corrected chi connectivity index (χ0v) is 40.5. The second kappa shape index (κ2) is 26.3. The van der Waals surface area contributed by atoms with Crippen molar-refractivity contribution in [3.8, 4) is 46.0 Å². The summed E-state index contributed by atoms with van der Waals surface area (Å²) in [5.74, 6) is -5.31. The fourth-order valence-corrected chi connectivity index (χ4v) is 7.26. The van der Waals surface area contributed by atoms with Crippen molar-refractivity contribution in [3.05, 3.63) is 95.1 Å². The van der Waals surface area contributed by atoms with Crippen LogP contribution in [-0.4, -0.2) is 183 Å². The molecule has 2 fully saturated rings. The van der Waals surface area contributed by atoms with E-state index in [1.54, 1.807) is 24.3 Å². The molecule has 2 saturated heterocycles. The summed E-state index contributed by atoms with van der Waals surface area (Å²) < 4.78 is 21.9. The summed E-state index contributed by atoms with van der Waals surface area (Å²) in [7, 11) is 0. The zero-order chi connectivity index (χ0) is 51.4. The van der Waals surface area contributed by atoms with Gasteiger partial charge >= 0.3 is 19.5 Å². The minimum atomic E-state index is -1.77. The van der Waals surface area contributed by atoms with Crippen molar-refractivity contribution in [1.82, 2.24) is 0 Å². The van der Waals surface area contributed by atoms with Crippen molar-refractivity contribution >= 4 is 23.4 Å². The standard InChI is InChI=1S/2C23H27NO11.Zn/c2*25-10-17-20(31)21(32)22(33)23(35-17)34-16-8-13(27)7-15(28)19(16)14(24-9-18(29)30)6-3-11-1-4-12(26)5-2-11;/h2*1-2,4-5,7-8,17,20-23,25-28,31-33H,3,6,9-10H2,(H,29,30);/q;;+2/p-2/t2*17-,20-,21+,22-,23-;/m11./s1. The van der Waals surface area contributed by atoms with E-state index in [9.17, 15) is 91.3 Å². The van der Waals surface area contributed by atoms with E-state index in [1.165, 1.54) is 24.3 Å². The maximum absolute atomic E-state index is 11.1. The zero-order valence-electron chi connectivity index (χ0n) is 37.5. The molecule has 10 atom stereocenters. The van der Waals surface area contributed by atoms with Gasteiger partial charge in [0.25, 0.3) is 0 Å². The second-order valence-corrected chi connectivity index (χ2v) is 15.9. The molecule has 0 bridgehead atoms. The molecule has 71 heavy (non-hydrogen) atoms. The molecule has 0 radical (unpaired) electrons. The van der Waals surface area contributed by atoms with Gasteiger partial charge in [-0.2, -0.15) is 0 Å². The number of ether oxygens (including phenoxy) is 4. The van der Waals surface area contributed by atoms with Gasteiger partial charge in [-0.3, -0.25) is 9.98 Å². The first-order chi connectivity index (χ1) is 33.2. The third kappa shape index (κ3) is 15.4. The molecule has 6 rings (SSSR count). The molecule has 0 aliphatic carbocycles. The number of benzene rings is 4. The normalized spacial score (nSPS) is 24.5. The Balaban J connectivity index is 0.000000304. The number of hydrogen-bond acceptors (Lipinski definition) is 24. The number of carboxylic acid groups (broad SMARTS) is 2. The Morgan fingerprint density at radius 1 is 0.507 bits per heavy atom. The molecule has 0 aromatic heterocycles. The number of aromatic hydroxyl groups is 6. The summed E-state index contributed by atoms with van der Waals surface area (Å²) in [4.78, 5) is 30.1. The van der Waals surface area contributed by atoms with Crippen LogP contribution in [0.3, 0.4) is 0 Å². The number of carbonyl (C=O) groups is 2. The number of aliphatic imine (C=N–C) groups is 2. The first kappa shape index (κ1) is 57.4. The predicted octanol–water partition coefficient (Wildman–Crippen LogP) is -3.69. The van der Waals surface area contributed by atoms with Crippen LogP contribution in [0, 0.1) is 0 Å². The van der Waals surface area contributed by atoms with Crippen LogP contribution in [-0.2, 0) is 51.4 Å². The second-order valence-electron chi connectivity index (χ2n) is 15.9. The number of phenolic OH excluding ortho intramolecular Hbond substituents is 6. The molecule has 24 nitrogen and oxygen atoms in total. The topological polar surface area (TPSA) is 425 Å². The van der Waals surface area contributed by atoms with E-state index in [0.717, 1.165) is 35.4 Å². The summed E-state index contributed by atoms with van der Waals surface area (Å²) in [5, 5.41) is 162. The van der Waals surface area contributed by atoms with Gasteiger partial charge in [0.15, 0.2) is 0 Å². The van der Waals surface area contributed by atoms with Crippen LogP contribution in [0.4, 0.5) is 0 Å². The number of carbonyl (C=O) groups excluding carboxylic acids is 2. The Morgan fingerprint density at radius 2 is 0.845 bits per heavy atom. The van der Waals surface area contributed by atoms with Gasteiger partial charge in [0.2, 0.25) is 12.6 Å². The predicted molar refractivity (Wildman–Crippen MR) is 234 cm³/mol. The van der Waals surface area contributed by atoms with E-state index in [1.807, 2.05) is 0 Å². The monoisotopic (exact) mass is 1050 g/mol. The maximum atomic E-state index is 11.1. The molecule has 2 aliphatic rings. The van der Waals surface area contributed by atoms with E-state index < -0.39 is 123 Å². The number of phenols is 6.